The molecule has 2 rings (SSSR count). The molecule has 6 nitrogen and oxygen atoms in total. The first kappa shape index (κ1) is 22.3. The van der Waals surface area contributed by atoms with Crippen LogP contribution in [0.25, 0.3) is 0 Å². The summed E-state index contributed by atoms with van der Waals surface area (Å²) in [6.07, 6.45) is -0.520. The van der Waals surface area contributed by atoms with Gasteiger partial charge in [-0.15, -0.1) is 0 Å². The van der Waals surface area contributed by atoms with Gasteiger partial charge in [0.05, 0.1) is 12.6 Å². The molecule has 0 saturated carbocycles. The Morgan fingerprint density at radius 2 is 1.79 bits per heavy atom. The van der Waals surface area contributed by atoms with Gasteiger partial charge in [0.15, 0.2) is 0 Å². The van der Waals surface area contributed by atoms with Crippen molar-refractivity contribution < 1.29 is 19.1 Å². The van der Waals surface area contributed by atoms with E-state index in [0.29, 0.717) is 17.7 Å². The highest BCUT2D eigenvalue weighted by atomic mass is 16.6. The first-order chi connectivity index (χ1) is 13.7. The van der Waals surface area contributed by atoms with Crippen LogP contribution in [0.4, 0.5) is 4.79 Å². The Balaban J connectivity index is 2.05. The van der Waals surface area contributed by atoms with Crippen molar-refractivity contribution >= 4 is 12.0 Å². The number of rotatable bonds is 7. The van der Waals surface area contributed by atoms with E-state index in [-0.39, 0.29) is 18.5 Å². The summed E-state index contributed by atoms with van der Waals surface area (Å²) in [6.45, 7) is 10.0. The summed E-state index contributed by atoms with van der Waals surface area (Å²) in [6, 6.07) is 14.6. The number of carbonyl (C=O) groups is 2. The average molecular weight is 399 g/mol. The van der Waals surface area contributed by atoms with E-state index in [4.69, 9.17) is 9.47 Å². The second kappa shape index (κ2) is 9.96. The largest absolute Gasteiger partial charge is 0.494 e. The highest BCUT2D eigenvalue weighted by Gasteiger charge is 2.18. The predicted octanol–water partition coefficient (Wildman–Crippen LogP) is 4.60. The monoisotopic (exact) mass is 398 g/mol. The van der Waals surface area contributed by atoms with Gasteiger partial charge < -0.3 is 20.1 Å². The molecule has 0 fully saturated rings. The van der Waals surface area contributed by atoms with Crippen molar-refractivity contribution in [3.05, 3.63) is 65.2 Å². The molecule has 2 N–H and O–H groups in total. The Hall–Kier alpha value is -3.02. The molecular formula is C23H30N2O4. The lowest BCUT2D eigenvalue weighted by Gasteiger charge is -2.20. The molecule has 0 aliphatic heterocycles. The molecule has 0 heterocycles. The number of hydrogen-bond donors (Lipinski definition) is 2. The minimum absolute atomic E-state index is 0.199. The van der Waals surface area contributed by atoms with E-state index >= 15 is 0 Å². The van der Waals surface area contributed by atoms with Gasteiger partial charge in [0.1, 0.15) is 11.4 Å². The minimum atomic E-state index is -0.577. The third-order valence-corrected chi connectivity index (χ3v) is 4.10. The maximum absolute atomic E-state index is 12.8. The Morgan fingerprint density at radius 3 is 2.48 bits per heavy atom. The van der Waals surface area contributed by atoms with E-state index in [1.807, 2.05) is 50.2 Å². The van der Waals surface area contributed by atoms with Gasteiger partial charge in [-0.2, -0.15) is 0 Å². The second-order valence-corrected chi connectivity index (χ2v) is 7.71. The van der Waals surface area contributed by atoms with Crippen LogP contribution < -0.4 is 15.4 Å². The Kier molecular flexibility index (Phi) is 7.65. The fraction of sp³-hybridized carbons (Fsp3) is 0.391. The van der Waals surface area contributed by atoms with Crippen LogP contribution in [0.1, 0.15) is 62.1 Å². The van der Waals surface area contributed by atoms with E-state index in [2.05, 4.69) is 10.6 Å². The molecule has 0 spiro atoms. The van der Waals surface area contributed by atoms with Crippen LogP contribution in [0.3, 0.4) is 0 Å². The van der Waals surface area contributed by atoms with Crippen LogP contribution in [0.5, 0.6) is 5.75 Å². The predicted molar refractivity (Wildman–Crippen MR) is 113 cm³/mol. The molecule has 0 aromatic heterocycles. The van der Waals surface area contributed by atoms with Gasteiger partial charge in [-0.05, 0) is 63.9 Å². The molecular weight excluding hydrogens is 368 g/mol. The third-order valence-electron chi connectivity index (χ3n) is 4.10. The van der Waals surface area contributed by atoms with Crippen molar-refractivity contribution in [2.24, 2.45) is 0 Å². The lowest BCUT2D eigenvalue weighted by atomic mass is 10.0. The van der Waals surface area contributed by atoms with Crippen molar-refractivity contribution in [1.29, 1.82) is 0 Å². The molecule has 2 aromatic carbocycles. The maximum Gasteiger partial charge on any atom is 0.407 e. The normalized spacial score (nSPS) is 12.0. The summed E-state index contributed by atoms with van der Waals surface area (Å²) in [5.41, 5.74) is 1.60. The standard InChI is InChI=1S/C23H30N2O4/c1-6-28-19-12-9-11-17(14-19)16(2)25-21(26)20-13-8-7-10-18(20)15-24-22(27)29-23(3,4)5/h7-14,16H,6,15H2,1-5H3,(H,24,27)(H,25,26)/t16-/m0/s1. The average Bonchev–Trinajstić information content (AvgIpc) is 2.65. The molecule has 29 heavy (non-hydrogen) atoms. The smallest absolute Gasteiger partial charge is 0.407 e. The first-order valence-electron chi connectivity index (χ1n) is 9.78. The molecule has 0 aliphatic carbocycles. The number of amides is 2. The SMILES string of the molecule is CCOc1cccc([C@H](C)NC(=O)c2ccccc2CNC(=O)OC(C)(C)C)c1. The van der Waals surface area contributed by atoms with E-state index in [9.17, 15) is 9.59 Å². The van der Waals surface area contributed by atoms with Crippen molar-refractivity contribution in [2.75, 3.05) is 6.61 Å². The van der Waals surface area contributed by atoms with Crippen LogP contribution in [0, 0.1) is 0 Å². The zero-order valence-electron chi connectivity index (χ0n) is 17.7. The van der Waals surface area contributed by atoms with Gasteiger partial charge in [-0.3, -0.25) is 4.79 Å². The third kappa shape index (κ3) is 7.14. The highest BCUT2D eigenvalue weighted by molar-refractivity contribution is 5.96. The summed E-state index contributed by atoms with van der Waals surface area (Å²) in [7, 11) is 0. The Morgan fingerprint density at radius 1 is 1.07 bits per heavy atom. The number of nitrogens with one attached hydrogen (secondary N) is 2. The highest BCUT2D eigenvalue weighted by Crippen LogP contribution is 2.20. The molecule has 2 aromatic rings. The van der Waals surface area contributed by atoms with Gasteiger partial charge >= 0.3 is 6.09 Å². The molecule has 0 saturated heterocycles. The van der Waals surface area contributed by atoms with Crippen molar-refractivity contribution in [2.45, 2.75) is 52.8 Å². The summed E-state index contributed by atoms with van der Waals surface area (Å²) in [4.78, 5) is 24.8. The lowest BCUT2D eigenvalue weighted by molar-refractivity contribution is 0.0522. The summed E-state index contributed by atoms with van der Waals surface area (Å²) >= 11 is 0. The summed E-state index contributed by atoms with van der Waals surface area (Å²) in [5, 5.41) is 5.71. The summed E-state index contributed by atoms with van der Waals surface area (Å²) in [5.74, 6) is 0.564. The topological polar surface area (TPSA) is 76.7 Å². The van der Waals surface area contributed by atoms with Gasteiger partial charge in [-0.25, -0.2) is 4.79 Å². The van der Waals surface area contributed by atoms with Crippen molar-refractivity contribution in [3.63, 3.8) is 0 Å². The number of carbonyl (C=O) groups excluding carboxylic acids is 2. The van der Waals surface area contributed by atoms with E-state index in [1.165, 1.54) is 0 Å². The molecule has 1 atom stereocenters. The Bertz CT molecular complexity index is 843. The second-order valence-electron chi connectivity index (χ2n) is 7.71. The van der Waals surface area contributed by atoms with Crippen molar-refractivity contribution in [3.8, 4) is 5.75 Å². The zero-order valence-corrected chi connectivity index (χ0v) is 17.7. The number of benzene rings is 2. The molecule has 2 amide bonds. The fourth-order valence-corrected chi connectivity index (χ4v) is 2.78. The van der Waals surface area contributed by atoms with Gasteiger partial charge in [0.25, 0.3) is 5.91 Å². The van der Waals surface area contributed by atoms with E-state index in [1.54, 1.807) is 32.9 Å². The van der Waals surface area contributed by atoms with Crippen LogP contribution >= 0.6 is 0 Å². The van der Waals surface area contributed by atoms with Gasteiger partial charge in [0.2, 0.25) is 0 Å². The molecule has 156 valence electrons. The molecule has 0 unspecified atom stereocenters. The van der Waals surface area contributed by atoms with E-state index in [0.717, 1.165) is 11.3 Å². The quantitative estimate of drug-likeness (QED) is 0.715. The maximum atomic E-state index is 12.8. The number of alkyl carbamates (subject to hydrolysis) is 1. The zero-order chi connectivity index (χ0) is 21.4. The van der Waals surface area contributed by atoms with Gasteiger partial charge in [0, 0.05) is 12.1 Å². The number of hydrogen-bond acceptors (Lipinski definition) is 4. The fourth-order valence-electron chi connectivity index (χ4n) is 2.78. The van der Waals surface area contributed by atoms with Crippen LogP contribution in [0.2, 0.25) is 0 Å². The first-order valence-corrected chi connectivity index (χ1v) is 9.78. The molecule has 0 radical (unpaired) electrons. The minimum Gasteiger partial charge on any atom is -0.494 e. The van der Waals surface area contributed by atoms with Gasteiger partial charge in [-0.1, -0.05) is 30.3 Å². The van der Waals surface area contributed by atoms with E-state index < -0.39 is 11.7 Å². The molecule has 0 bridgehead atoms. The molecule has 6 heteroatoms. The summed E-state index contributed by atoms with van der Waals surface area (Å²) < 4.78 is 10.8. The van der Waals surface area contributed by atoms with Crippen LogP contribution in [-0.4, -0.2) is 24.2 Å². The van der Waals surface area contributed by atoms with Crippen LogP contribution in [-0.2, 0) is 11.3 Å². The lowest BCUT2D eigenvalue weighted by Crippen LogP contribution is -2.33. The van der Waals surface area contributed by atoms with Crippen molar-refractivity contribution in [1.82, 2.24) is 10.6 Å². The number of ether oxygens (including phenoxy) is 2. The Labute approximate surface area is 172 Å². The van der Waals surface area contributed by atoms with Crippen LogP contribution in [0.15, 0.2) is 48.5 Å². The molecule has 0 aliphatic rings.